The third-order valence-electron chi connectivity index (χ3n) is 10.1. The molecule has 1 heterocycles. The molecule has 4 heteroatoms. The average molecular weight is 668 g/mol. The van der Waals surface area contributed by atoms with Gasteiger partial charge in [-0.15, -0.1) is 0 Å². The van der Waals surface area contributed by atoms with E-state index in [1.54, 1.807) is 13.8 Å². The molecule has 0 amide bonds. The van der Waals surface area contributed by atoms with Gasteiger partial charge in [-0.25, -0.2) is 4.39 Å². The number of aryl methyl sites for hydroxylation is 1. The molecule has 0 aliphatic carbocycles. The van der Waals surface area contributed by atoms with Crippen LogP contribution in [0.3, 0.4) is 0 Å². The monoisotopic (exact) mass is 667 g/mol. The SMILES string of the molecule is Cc1ccc(C(C)(C)N)cc1N(c1cccc(C(C)(C)C)c1)c1cccc2c1Cc1ccc(C(C)(C)F)cc1N2c1cccc(C(C)(C)C)c1. The van der Waals surface area contributed by atoms with Gasteiger partial charge >= 0.3 is 0 Å². The molecule has 2 N–H and O–H groups in total. The molecule has 0 saturated carbocycles. The zero-order valence-corrected chi connectivity index (χ0v) is 31.9. The Morgan fingerprint density at radius 3 is 1.86 bits per heavy atom. The van der Waals surface area contributed by atoms with Crippen molar-refractivity contribution >= 4 is 34.1 Å². The second-order valence-corrected chi connectivity index (χ2v) is 17.3. The molecular formula is C46H54FN3. The summed E-state index contributed by atoms with van der Waals surface area (Å²) in [5.41, 5.74) is 19.0. The molecule has 0 spiro atoms. The van der Waals surface area contributed by atoms with E-state index >= 15 is 4.39 Å². The maximum Gasteiger partial charge on any atom is 0.130 e. The van der Waals surface area contributed by atoms with Crippen LogP contribution < -0.4 is 15.5 Å². The van der Waals surface area contributed by atoms with E-state index in [2.05, 4.69) is 169 Å². The van der Waals surface area contributed by atoms with Crippen molar-refractivity contribution in [3.05, 3.63) is 142 Å². The minimum Gasteiger partial charge on any atom is -0.322 e. The number of nitrogens with two attached hydrogens (primary N) is 1. The lowest BCUT2D eigenvalue weighted by atomic mass is 9.85. The minimum absolute atomic E-state index is 0.0242. The highest BCUT2D eigenvalue weighted by atomic mass is 19.1. The van der Waals surface area contributed by atoms with Crippen molar-refractivity contribution in [3.63, 3.8) is 0 Å². The zero-order chi connectivity index (χ0) is 36.4. The van der Waals surface area contributed by atoms with Crippen LogP contribution in [0.25, 0.3) is 0 Å². The van der Waals surface area contributed by atoms with Crippen LogP contribution in [-0.4, -0.2) is 0 Å². The van der Waals surface area contributed by atoms with Crippen molar-refractivity contribution < 1.29 is 4.39 Å². The molecule has 0 radical (unpaired) electrons. The van der Waals surface area contributed by atoms with Crippen LogP contribution in [0.15, 0.2) is 103 Å². The Labute approximate surface area is 300 Å². The molecule has 0 bridgehead atoms. The molecule has 5 aromatic rings. The van der Waals surface area contributed by atoms with Gasteiger partial charge in [0.25, 0.3) is 0 Å². The van der Waals surface area contributed by atoms with Crippen LogP contribution in [0.2, 0.25) is 0 Å². The van der Waals surface area contributed by atoms with E-state index in [-0.39, 0.29) is 10.8 Å². The standard InChI is InChI=1S/C46H54FN3/c1-30-21-23-35(46(10,11)48)29-41(30)49(36-17-12-15-32(26-36)43(2,3)4)39-19-14-20-40-38(39)25-31-22-24-34(45(8,9)47)28-42(31)50(40)37-18-13-16-33(27-37)44(5,6)7/h12-24,26-29H,25,48H2,1-11H3. The number of benzene rings is 5. The first-order chi connectivity index (χ1) is 23.2. The van der Waals surface area contributed by atoms with E-state index in [0.717, 1.165) is 50.8 Å². The van der Waals surface area contributed by atoms with Crippen molar-refractivity contribution in [2.45, 2.75) is 105 Å². The molecule has 6 rings (SSSR count). The summed E-state index contributed by atoms with van der Waals surface area (Å²) in [7, 11) is 0. The van der Waals surface area contributed by atoms with Gasteiger partial charge in [-0.05, 0) is 127 Å². The van der Waals surface area contributed by atoms with Crippen LogP contribution in [0.1, 0.15) is 108 Å². The number of anilines is 6. The third-order valence-corrected chi connectivity index (χ3v) is 10.1. The van der Waals surface area contributed by atoms with E-state index in [1.165, 1.54) is 16.7 Å². The van der Waals surface area contributed by atoms with Crippen molar-refractivity contribution in [2.24, 2.45) is 5.73 Å². The van der Waals surface area contributed by atoms with E-state index in [4.69, 9.17) is 5.73 Å². The highest BCUT2D eigenvalue weighted by Crippen LogP contribution is 2.51. The van der Waals surface area contributed by atoms with Gasteiger partial charge in [0.2, 0.25) is 0 Å². The summed E-state index contributed by atoms with van der Waals surface area (Å²) in [6.45, 7) is 23.1. The normalized spacial score (nSPS) is 13.6. The number of halogens is 1. The molecular weight excluding hydrogens is 614 g/mol. The number of nitrogens with zero attached hydrogens (tertiary/aromatic N) is 2. The molecule has 50 heavy (non-hydrogen) atoms. The first-order valence-corrected chi connectivity index (χ1v) is 17.9. The Kier molecular flexibility index (Phi) is 8.80. The van der Waals surface area contributed by atoms with E-state index in [1.807, 2.05) is 6.07 Å². The molecule has 1 aliphatic heterocycles. The summed E-state index contributed by atoms with van der Waals surface area (Å²) in [5.74, 6) is 0. The lowest BCUT2D eigenvalue weighted by Gasteiger charge is -2.38. The second kappa shape index (κ2) is 12.4. The Bertz CT molecular complexity index is 2050. The molecule has 5 aromatic carbocycles. The first-order valence-electron chi connectivity index (χ1n) is 17.9. The fourth-order valence-corrected chi connectivity index (χ4v) is 6.93. The topological polar surface area (TPSA) is 32.5 Å². The van der Waals surface area contributed by atoms with Crippen LogP contribution in [0.5, 0.6) is 0 Å². The summed E-state index contributed by atoms with van der Waals surface area (Å²) in [5, 5.41) is 0. The second-order valence-electron chi connectivity index (χ2n) is 17.3. The van der Waals surface area contributed by atoms with Crippen molar-refractivity contribution in [3.8, 4) is 0 Å². The molecule has 3 nitrogen and oxygen atoms in total. The van der Waals surface area contributed by atoms with E-state index < -0.39 is 11.2 Å². The highest BCUT2D eigenvalue weighted by molar-refractivity contribution is 5.91. The minimum atomic E-state index is -1.47. The van der Waals surface area contributed by atoms with Crippen molar-refractivity contribution in [1.29, 1.82) is 0 Å². The zero-order valence-electron chi connectivity index (χ0n) is 31.9. The van der Waals surface area contributed by atoms with Gasteiger partial charge < -0.3 is 15.5 Å². The summed E-state index contributed by atoms with van der Waals surface area (Å²) < 4.78 is 15.5. The molecule has 0 unspecified atom stereocenters. The molecule has 0 fully saturated rings. The predicted molar refractivity (Wildman–Crippen MR) is 212 cm³/mol. The smallest absolute Gasteiger partial charge is 0.130 e. The van der Waals surface area contributed by atoms with Crippen LogP contribution in [0, 0.1) is 6.92 Å². The Morgan fingerprint density at radius 2 is 1.22 bits per heavy atom. The lowest BCUT2D eigenvalue weighted by molar-refractivity contribution is 0.221. The maximum atomic E-state index is 15.5. The molecule has 260 valence electrons. The number of alkyl halides is 1. The predicted octanol–water partition coefficient (Wildman–Crippen LogP) is 12.8. The summed E-state index contributed by atoms with van der Waals surface area (Å²) in [4.78, 5) is 4.77. The fraction of sp³-hybridized carbons (Fsp3) is 0.348. The van der Waals surface area contributed by atoms with Crippen molar-refractivity contribution in [2.75, 3.05) is 9.80 Å². The summed E-state index contributed by atoms with van der Waals surface area (Å²) >= 11 is 0. The average Bonchev–Trinajstić information content (AvgIpc) is 3.03. The first kappa shape index (κ1) is 35.4. The number of fused-ring (bicyclic) bond motifs is 2. The Balaban J connectivity index is 1.66. The van der Waals surface area contributed by atoms with Gasteiger partial charge in [0.05, 0.1) is 17.1 Å². The van der Waals surface area contributed by atoms with Gasteiger partial charge in [-0.3, -0.25) is 0 Å². The van der Waals surface area contributed by atoms with Crippen LogP contribution >= 0.6 is 0 Å². The molecule has 0 atom stereocenters. The number of hydrogen-bond donors (Lipinski definition) is 1. The molecule has 1 aliphatic rings. The van der Waals surface area contributed by atoms with Crippen molar-refractivity contribution in [1.82, 2.24) is 0 Å². The van der Waals surface area contributed by atoms with E-state index in [9.17, 15) is 0 Å². The van der Waals surface area contributed by atoms with Crippen LogP contribution in [0.4, 0.5) is 38.5 Å². The lowest BCUT2D eigenvalue weighted by Crippen LogP contribution is -2.29. The number of hydrogen-bond acceptors (Lipinski definition) is 3. The van der Waals surface area contributed by atoms with Gasteiger partial charge in [0.15, 0.2) is 0 Å². The summed E-state index contributed by atoms with van der Waals surface area (Å²) in [6.07, 6.45) is 0.708. The third kappa shape index (κ3) is 6.83. The highest BCUT2D eigenvalue weighted by Gasteiger charge is 2.32. The number of rotatable bonds is 6. The fourth-order valence-electron chi connectivity index (χ4n) is 6.93. The largest absolute Gasteiger partial charge is 0.322 e. The van der Waals surface area contributed by atoms with Gasteiger partial charge in [0.1, 0.15) is 5.67 Å². The van der Waals surface area contributed by atoms with E-state index in [0.29, 0.717) is 12.0 Å². The van der Waals surface area contributed by atoms with Crippen LogP contribution in [-0.2, 0) is 28.5 Å². The Morgan fingerprint density at radius 1 is 0.600 bits per heavy atom. The molecule has 0 saturated heterocycles. The Hall–Kier alpha value is -4.41. The quantitative estimate of drug-likeness (QED) is 0.192. The van der Waals surface area contributed by atoms with Gasteiger partial charge in [0, 0.05) is 34.6 Å². The molecule has 0 aromatic heterocycles. The van der Waals surface area contributed by atoms with Gasteiger partial charge in [-0.2, -0.15) is 0 Å². The van der Waals surface area contributed by atoms with Gasteiger partial charge in [-0.1, -0.05) is 96.1 Å². The summed E-state index contributed by atoms with van der Waals surface area (Å²) in [6, 6.07) is 37.1. The maximum absolute atomic E-state index is 15.5.